The maximum Gasteiger partial charge on any atom is 0.341 e. The van der Waals surface area contributed by atoms with Crippen molar-refractivity contribution in [1.82, 2.24) is 19.8 Å². The van der Waals surface area contributed by atoms with Crippen LogP contribution in [0.15, 0.2) is 36.7 Å². The number of aromatic nitrogens is 2. The van der Waals surface area contributed by atoms with Crippen molar-refractivity contribution in [3.8, 4) is 17.1 Å². The molecular weight excluding hydrogens is 344 g/mol. The zero-order valence-electron chi connectivity index (χ0n) is 15.3. The molecule has 2 saturated heterocycles. The highest BCUT2D eigenvalue weighted by Crippen LogP contribution is 2.28. The quantitative estimate of drug-likeness (QED) is 0.834. The summed E-state index contributed by atoms with van der Waals surface area (Å²) in [4.78, 5) is 24.6. The van der Waals surface area contributed by atoms with E-state index < -0.39 is 5.97 Å². The van der Waals surface area contributed by atoms with Crippen LogP contribution in [0.5, 0.6) is 5.75 Å². The van der Waals surface area contributed by atoms with E-state index in [9.17, 15) is 4.79 Å². The van der Waals surface area contributed by atoms with Crippen molar-refractivity contribution in [3.05, 3.63) is 42.2 Å². The summed E-state index contributed by atoms with van der Waals surface area (Å²) < 4.78 is 5.54. The summed E-state index contributed by atoms with van der Waals surface area (Å²) in [7, 11) is 0. The molecule has 1 atom stereocenters. The summed E-state index contributed by atoms with van der Waals surface area (Å²) in [6.07, 6.45) is 5.98. The summed E-state index contributed by atoms with van der Waals surface area (Å²) >= 11 is 0. The Hall–Kier alpha value is -2.51. The molecule has 0 radical (unpaired) electrons. The van der Waals surface area contributed by atoms with Crippen LogP contribution in [0.3, 0.4) is 0 Å². The summed E-state index contributed by atoms with van der Waals surface area (Å²) in [5.41, 5.74) is 1.89. The molecule has 1 N–H and O–H groups in total. The molecular formula is C20H24N4O3. The zero-order valence-corrected chi connectivity index (χ0v) is 15.3. The van der Waals surface area contributed by atoms with Crippen LogP contribution < -0.4 is 4.74 Å². The lowest BCUT2D eigenvalue weighted by Crippen LogP contribution is -2.49. The van der Waals surface area contributed by atoms with Gasteiger partial charge in [0.2, 0.25) is 0 Å². The molecule has 1 aromatic heterocycles. The van der Waals surface area contributed by atoms with Gasteiger partial charge in [-0.15, -0.1) is 0 Å². The van der Waals surface area contributed by atoms with Gasteiger partial charge in [0.1, 0.15) is 5.75 Å². The van der Waals surface area contributed by atoms with Crippen molar-refractivity contribution in [1.29, 1.82) is 0 Å². The van der Waals surface area contributed by atoms with Gasteiger partial charge in [-0.2, -0.15) is 0 Å². The number of hydrogen-bond donors (Lipinski definition) is 1. The number of nitrogens with zero attached hydrogens (tertiary/aromatic N) is 4. The van der Waals surface area contributed by atoms with Gasteiger partial charge in [0, 0.05) is 55.7 Å². The van der Waals surface area contributed by atoms with Gasteiger partial charge in [0.05, 0.1) is 0 Å². The van der Waals surface area contributed by atoms with E-state index in [4.69, 9.17) is 9.84 Å². The van der Waals surface area contributed by atoms with Crippen LogP contribution in [0, 0.1) is 0 Å². The molecule has 0 amide bonds. The summed E-state index contributed by atoms with van der Waals surface area (Å²) in [5, 5.41) is 8.96. The van der Waals surface area contributed by atoms with E-state index in [1.54, 1.807) is 18.5 Å². The van der Waals surface area contributed by atoms with Gasteiger partial charge in [-0.3, -0.25) is 9.80 Å². The number of hydrogen-bond acceptors (Lipinski definition) is 6. The Bertz CT molecular complexity index is 799. The summed E-state index contributed by atoms with van der Waals surface area (Å²) in [6.45, 7) is 4.76. The van der Waals surface area contributed by atoms with E-state index in [0.29, 0.717) is 17.6 Å². The van der Waals surface area contributed by atoms with Crippen molar-refractivity contribution in [2.24, 2.45) is 0 Å². The fourth-order valence-corrected chi connectivity index (χ4v) is 4.01. The fraction of sp³-hybridized carbons (Fsp3) is 0.450. The molecule has 0 aliphatic carbocycles. The highest BCUT2D eigenvalue weighted by atomic mass is 16.5. The van der Waals surface area contributed by atoms with Gasteiger partial charge < -0.3 is 9.84 Å². The van der Waals surface area contributed by atoms with E-state index in [0.717, 1.165) is 37.3 Å². The van der Waals surface area contributed by atoms with Crippen molar-refractivity contribution >= 4 is 5.97 Å². The number of fused-ring (bicyclic) bond motifs is 1. The van der Waals surface area contributed by atoms with Gasteiger partial charge in [-0.1, -0.05) is 0 Å². The van der Waals surface area contributed by atoms with Crippen molar-refractivity contribution < 1.29 is 14.6 Å². The van der Waals surface area contributed by atoms with E-state index >= 15 is 0 Å². The maximum atomic E-state index is 10.9. The Labute approximate surface area is 158 Å². The molecule has 142 valence electrons. The second-order valence-corrected chi connectivity index (χ2v) is 7.14. The molecule has 0 unspecified atom stereocenters. The number of carboxylic acid groups (broad SMARTS) is 1. The lowest BCUT2D eigenvalue weighted by Gasteiger charge is -2.37. The molecule has 7 heteroatoms. The minimum absolute atomic E-state index is 0.343. The number of piperazine rings is 1. The molecule has 7 nitrogen and oxygen atoms in total. The number of carboxylic acids is 1. The summed E-state index contributed by atoms with van der Waals surface area (Å²) in [5.74, 6) is 0.297. The lowest BCUT2D eigenvalue weighted by atomic mass is 10.1. The number of ether oxygens (including phenoxy) is 1. The van der Waals surface area contributed by atoms with Crippen LogP contribution in [0.4, 0.5) is 0 Å². The number of rotatable bonds is 6. The van der Waals surface area contributed by atoms with Crippen molar-refractivity contribution in [3.63, 3.8) is 0 Å². The number of benzene rings is 1. The van der Waals surface area contributed by atoms with Gasteiger partial charge >= 0.3 is 5.97 Å². The Kier molecular flexibility index (Phi) is 5.31. The first kappa shape index (κ1) is 17.9. The predicted octanol–water partition coefficient (Wildman–Crippen LogP) is 1.89. The van der Waals surface area contributed by atoms with Gasteiger partial charge in [0.15, 0.2) is 12.4 Å². The largest absolute Gasteiger partial charge is 0.482 e. The molecule has 4 rings (SSSR count). The highest BCUT2D eigenvalue weighted by molar-refractivity contribution is 5.68. The fourth-order valence-electron chi connectivity index (χ4n) is 4.01. The van der Waals surface area contributed by atoms with Crippen LogP contribution in [-0.4, -0.2) is 69.7 Å². The molecule has 27 heavy (non-hydrogen) atoms. The average molecular weight is 368 g/mol. The van der Waals surface area contributed by atoms with Crippen molar-refractivity contribution in [2.75, 3.05) is 32.8 Å². The van der Waals surface area contributed by atoms with Crippen LogP contribution in [0.1, 0.15) is 18.4 Å². The molecule has 2 aliphatic rings. The lowest BCUT2D eigenvalue weighted by molar-refractivity contribution is -0.139. The van der Waals surface area contributed by atoms with E-state index in [1.165, 1.54) is 19.4 Å². The van der Waals surface area contributed by atoms with Crippen LogP contribution in [0.25, 0.3) is 11.4 Å². The SMILES string of the molecule is O=C(O)COc1ccc(-c2ncccn2)cc1CN1CCN2CCC[C@@H]2C1. The molecule has 0 saturated carbocycles. The first-order valence-electron chi connectivity index (χ1n) is 9.40. The topological polar surface area (TPSA) is 78.8 Å². The van der Waals surface area contributed by atoms with Crippen LogP contribution >= 0.6 is 0 Å². The van der Waals surface area contributed by atoms with Crippen LogP contribution in [-0.2, 0) is 11.3 Å². The number of carbonyl (C=O) groups is 1. The van der Waals surface area contributed by atoms with Gasteiger partial charge in [-0.25, -0.2) is 14.8 Å². The van der Waals surface area contributed by atoms with E-state index in [1.807, 2.05) is 18.2 Å². The van der Waals surface area contributed by atoms with Gasteiger partial charge in [-0.05, 0) is 43.7 Å². The molecule has 2 aliphatic heterocycles. The second kappa shape index (κ2) is 8.02. The standard InChI is InChI=1S/C20H24N4O3/c25-19(26)14-27-18-5-4-15(20-21-6-2-7-22-20)11-16(18)12-23-9-10-24-8-1-3-17(24)13-23/h2,4-7,11,17H,1,3,8-10,12-14H2,(H,25,26)/t17-/m1/s1. The predicted molar refractivity (Wildman–Crippen MR) is 100 cm³/mol. The Balaban J connectivity index is 1.56. The molecule has 0 bridgehead atoms. The minimum Gasteiger partial charge on any atom is -0.482 e. The van der Waals surface area contributed by atoms with Crippen LogP contribution in [0.2, 0.25) is 0 Å². The monoisotopic (exact) mass is 368 g/mol. The molecule has 2 fully saturated rings. The average Bonchev–Trinajstić information content (AvgIpc) is 3.15. The smallest absolute Gasteiger partial charge is 0.341 e. The number of aliphatic carboxylic acids is 1. The Morgan fingerprint density at radius 3 is 2.89 bits per heavy atom. The summed E-state index contributed by atoms with van der Waals surface area (Å²) in [6, 6.07) is 8.16. The normalized spacial score (nSPS) is 20.4. The van der Waals surface area contributed by atoms with Gasteiger partial charge in [0.25, 0.3) is 0 Å². The first-order chi connectivity index (χ1) is 13.2. The van der Waals surface area contributed by atoms with E-state index in [2.05, 4.69) is 19.8 Å². The third-order valence-corrected chi connectivity index (χ3v) is 5.30. The Morgan fingerprint density at radius 2 is 2.07 bits per heavy atom. The molecule has 3 heterocycles. The third kappa shape index (κ3) is 4.26. The minimum atomic E-state index is -0.976. The molecule has 1 aromatic carbocycles. The first-order valence-corrected chi connectivity index (χ1v) is 9.40. The van der Waals surface area contributed by atoms with E-state index in [-0.39, 0.29) is 6.61 Å². The zero-order chi connectivity index (χ0) is 18.6. The Morgan fingerprint density at radius 1 is 1.22 bits per heavy atom. The second-order valence-electron chi connectivity index (χ2n) is 7.14. The maximum absolute atomic E-state index is 10.9. The molecule has 0 spiro atoms. The third-order valence-electron chi connectivity index (χ3n) is 5.30. The molecule has 2 aromatic rings. The van der Waals surface area contributed by atoms with Crippen molar-refractivity contribution in [2.45, 2.75) is 25.4 Å². The highest BCUT2D eigenvalue weighted by Gasteiger charge is 2.30.